The molecule has 44 heavy (non-hydrogen) atoms. The number of para-hydroxylation sites is 2. The van der Waals surface area contributed by atoms with E-state index in [1.54, 1.807) is 18.3 Å². The molecule has 5 aromatic rings. The second-order valence-corrected chi connectivity index (χ2v) is 10.9. The van der Waals surface area contributed by atoms with Crippen LogP contribution in [0, 0.1) is 0 Å². The van der Waals surface area contributed by atoms with Crippen LogP contribution in [0.5, 0.6) is 0 Å². The number of nitrogens with one attached hydrogen (secondary N) is 2. The molecule has 7 nitrogen and oxygen atoms in total. The number of amides is 2. The number of hydrogen-bond donors (Lipinski definition) is 2. The summed E-state index contributed by atoms with van der Waals surface area (Å²) in [5.74, 6) is -1.34. The molecule has 2 amide bonds. The Kier molecular flexibility index (Phi) is 10.5. The zero-order valence-corrected chi connectivity index (χ0v) is 24.8. The zero-order valence-electron chi connectivity index (χ0n) is 23.9. The van der Waals surface area contributed by atoms with Gasteiger partial charge < -0.3 is 15.4 Å². The highest BCUT2D eigenvalue weighted by Crippen LogP contribution is 2.24. The maximum absolute atomic E-state index is 12.9. The summed E-state index contributed by atoms with van der Waals surface area (Å²) in [4.78, 5) is 42.8. The van der Waals surface area contributed by atoms with E-state index in [2.05, 4.69) is 15.6 Å². The van der Waals surface area contributed by atoms with E-state index in [0.29, 0.717) is 23.6 Å². The van der Waals surface area contributed by atoms with Crippen LogP contribution >= 0.6 is 11.8 Å². The molecule has 0 aliphatic rings. The lowest BCUT2D eigenvalue weighted by molar-refractivity contribution is -0.119. The Morgan fingerprint density at radius 2 is 1.14 bits per heavy atom. The van der Waals surface area contributed by atoms with Crippen molar-refractivity contribution in [1.29, 1.82) is 0 Å². The molecule has 0 spiro atoms. The van der Waals surface area contributed by atoms with E-state index in [9.17, 15) is 14.4 Å². The van der Waals surface area contributed by atoms with Crippen molar-refractivity contribution in [2.24, 2.45) is 0 Å². The number of anilines is 2. The molecule has 4 aromatic carbocycles. The fourth-order valence-electron chi connectivity index (χ4n) is 4.60. The second-order valence-electron chi connectivity index (χ2n) is 9.96. The molecule has 0 fully saturated rings. The fourth-order valence-corrected chi connectivity index (χ4v) is 5.38. The molecule has 0 radical (unpaired) electrons. The van der Waals surface area contributed by atoms with E-state index < -0.39 is 18.5 Å². The number of thioether (sulfide) groups is 1. The summed E-state index contributed by atoms with van der Waals surface area (Å²) in [5.41, 5.74) is 5.79. The Bertz CT molecular complexity index is 1730. The van der Waals surface area contributed by atoms with Gasteiger partial charge in [-0.15, -0.1) is 0 Å². The molecule has 0 aliphatic heterocycles. The molecule has 2 N–H and O–H groups in total. The number of pyridine rings is 1. The van der Waals surface area contributed by atoms with Gasteiger partial charge in [-0.2, -0.15) is 0 Å². The number of esters is 1. The summed E-state index contributed by atoms with van der Waals surface area (Å²) in [6, 6.07) is 38.4. The normalized spacial score (nSPS) is 10.5. The zero-order chi connectivity index (χ0) is 30.6. The van der Waals surface area contributed by atoms with Crippen LogP contribution in [0.25, 0.3) is 0 Å². The lowest BCUT2D eigenvalue weighted by Crippen LogP contribution is -2.22. The highest BCUT2D eigenvalue weighted by Gasteiger charge is 2.18. The minimum absolute atomic E-state index is 0.0374. The van der Waals surface area contributed by atoms with Crippen LogP contribution in [-0.4, -0.2) is 35.1 Å². The maximum Gasteiger partial charge on any atom is 0.341 e. The van der Waals surface area contributed by atoms with Crippen molar-refractivity contribution in [2.75, 3.05) is 23.0 Å². The molecule has 5 rings (SSSR count). The topological polar surface area (TPSA) is 97.4 Å². The van der Waals surface area contributed by atoms with Gasteiger partial charge in [-0.25, -0.2) is 9.78 Å². The number of carbonyl (C=O) groups is 3. The Hall–Kier alpha value is -5.21. The molecule has 0 aliphatic carbocycles. The van der Waals surface area contributed by atoms with Gasteiger partial charge in [0.25, 0.3) is 5.91 Å². The lowest BCUT2D eigenvalue weighted by atomic mass is 10.0. The lowest BCUT2D eigenvalue weighted by Gasteiger charge is -2.13. The van der Waals surface area contributed by atoms with Crippen LogP contribution in [0.2, 0.25) is 0 Å². The molecule has 1 aromatic heterocycles. The summed E-state index contributed by atoms with van der Waals surface area (Å²) >= 11 is 1.13. The first-order valence-corrected chi connectivity index (χ1v) is 15.1. The van der Waals surface area contributed by atoms with Crippen LogP contribution in [-0.2, 0) is 27.2 Å². The largest absolute Gasteiger partial charge is 0.452 e. The van der Waals surface area contributed by atoms with Gasteiger partial charge in [0.2, 0.25) is 5.91 Å². The average Bonchev–Trinajstić information content (AvgIpc) is 3.05. The molecule has 0 saturated heterocycles. The number of rotatable bonds is 12. The van der Waals surface area contributed by atoms with E-state index in [0.717, 1.165) is 39.7 Å². The summed E-state index contributed by atoms with van der Waals surface area (Å²) in [6.45, 7) is -0.462. The Balaban J connectivity index is 1.15. The van der Waals surface area contributed by atoms with Gasteiger partial charge in [0.05, 0.1) is 11.3 Å². The first-order valence-electron chi connectivity index (χ1n) is 14.1. The van der Waals surface area contributed by atoms with Crippen molar-refractivity contribution in [3.05, 3.63) is 155 Å². The molecular weight excluding hydrogens is 570 g/mol. The van der Waals surface area contributed by atoms with E-state index in [1.807, 2.05) is 109 Å². The predicted molar refractivity (Wildman–Crippen MR) is 174 cm³/mol. The van der Waals surface area contributed by atoms with Gasteiger partial charge in [0.1, 0.15) is 5.03 Å². The molecule has 0 saturated carbocycles. The van der Waals surface area contributed by atoms with Gasteiger partial charge in [-0.3, -0.25) is 9.59 Å². The minimum Gasteiger partial charge on any atom is -0.452 e. The number of benzene rings is 4. The quantitative estimate of drug-likeness (QED) is 0.121. The van der Waals surface area contributed by atoms with Gasteiger partial charge in [-0.1, -0.05) is 109 Å². The van der Waals surface area contributed by atoms with Crippen LogP contribution in [0.1, 0.15) is 32.6 Å². The number of aromatic nitrogens is 1. The van der Waals surface area contributed by atoms with Gasteiger partial charge in [0, 0.05) is 17.6 Å². The van der Waals surface area contributed by atoms with Crippen LogP contribution in [0.4, 0.5) is 11.4 Å². The van der Waals surface area contributed by atoms with E-state index in [-0.39, 0.29) is 17.2 Å². The van der Waals surface area contributed by atoms with Crippen molar-refractivity contribution in [3.8, 4) is 0 Å². The standard InChI is InChI=1S/C36H31N3O4S/c40-33(38-31-19-9-7-16-28(31)22-26-12-3-1-4-13-26)24-43-36(42)30-18-11-21-37-35(30)44-25-34(41)39-32-20-10-8-17-29(32)23-27-14-5-2-6-15-27/h1-21H,22-25H2,(H,38,40)(H,39,41). The highest BCUT2D eigenvalue weighted by molar-refractivity contribution is 8.00. The number of hydrogen-bond acceptors (Lipinski definition) is 6. The van der Waals surface area contributed by atoms with Crippen molar-refractivity contribution >= 4 is 40.9 Å². The third kappa shape index (κ3) is 8.65. The smallest absolute Gasteiger partial charge is 0.341 e. The van der Waals surface area contributed by atoms with Crippen LogP contribution in [0.15, 0.2) is 133 Å². The highest BCUT2D eigenvalue weighted by atomic mass is 32.2. The molecule has 1 heterocycles. The summed E-state index contributed by atoms with van der Waals surface area (Å²) < 4.78 is 5.33. The average molecular weight is 602 g/mol. The van der Waals surface area contributed by atoms with E-state index >= 15 is 0 Å². The summed E-state index contributed by atoms with van der Waals surface area (Å²) in [6.07, 6.45) is 2.88. The SMILES string of the molecule is O=C(COC(=O)c1cccnc1SCC(=O)Nc1ccccc1Cc1ccccc1)Nc1ccccc1Cc1ccccc1. The van der Waals surface area contributed by atoms with Gasteiger partial charge in [-0.05, 0) is 59.4 Å². The van der Waals surface area contributed by atoms with Crippen molar-refractivity contribution in [3.63, 3.8) is 0 Å². The van der Waals surface area contributed by atoms with E-state index in [4.69, 9.17) is 4.74 Å². The minimum atomic E-state index is -0.693. The molecule has 8 heteroatoms. The Labute approximate surface area is 260 Å². The van der Waals surface area contributed by atoms with Crippen molar-refractivity contribution in [1.82, 2.24) is 4.98 Å². The third-order valence-corrected chi connectivity index (χ3v) is 7.73. The number of nitrogens with zero attached hydrogens (tertiary/aromatic N) is 1. The number of carbonyl (C=O) groups excluding carboxylic acids is 3. The van der Waals surface area contributed by atoms with Crippen molar-refractivity contribution in [2.45, 2.75) is 17.9 Å². The Morgan fingerprint density at radius 3 is 1.73 bits per heavy atom. The first kappa shape index (κ1) is 30.3. The fraction of sp³-hybridized carbons (Fsp3) is 0.111. The molecule has 220 valence electrons. The monoisotopic (exact) mass is 601 g/mol. The second kappa shape index (κ2) is 15.3. The first-order chi connectivity index (χ1) is 21.5. The van der Waals surface area contributed by atoms with Crippen molar-refractivity contribution < 1.29 is 19.1 Å². The molecular formula is C36H31N3O4S. The third-order valence-electron chi connectivity index (χ3n) is 6.72. The summed E-state index contributed by atoms with van der Waals surface area (Å²) in [7, 11) is 0. The Morgan fingerprint density at radius 1 is 0.614 bits per heavy atom. The molecule has 0 unspecified atom stereocenters. The number of ether oxygens (including phenoxy) is 1. The maximum atomic E-state index is 12.9. The van der Waals surface area contributed by atoms with E-state index in [1.165, 1.54) is 0 Å². The predicted octanol–water partition coefficient (Wildman–Crippen LogP) is 6.79. The van der Waals surface area contributed by atoms with Crippen LogP contribution < -0.4 is 10.6 Å². The van der Waals surface area contributed by atoms with Gasteiger partial charge >= 0.3 is 5.97 Å². The van der Waals surface area contributed by atoms with Gasteiger partial charge in [0.15, 0.2) is 6.61 Å². The summed E-state index contributed by atoms with van der Waals surface area (Å²) in [5, 5.41) is 6.17. The molecule has 0 atom stereocenters. The van der Waals surface area contributed by atoms with Crippen LogP contribution in [0.3, 0.4) is 0 Å². The molecule has 0 bridgehead atoms.